The first-order chi connectivity index (χ1) is 14.0. The monoisotopic (exact) mass is 416 g/mol. The number of thiazole rings is 1. The van der Waals surface area contributed by atoms with Gasteiger partial charge >= 0.3 is 0 Å². The van der Waals surface area contributed by atoms with Crippen molar-refractivity contribution in [2.45, 2.75) is 13.0 Å². The Morgan fingerprint density at radius 2 is 1.72 bits per heavy atom. The third-order valence-electron chi connectivity index (χ3n) is 4.93. The Labute approximate surface area is 172 Å². The van der Waals surface area contributed by atoms with E-state index < -0.39 is 0 Å². The zero-order chi connectivity index (χ0) is 20.2. The van der Waals surface area contributed by atoms with Crippen LogP contribution in [0.4, 0.5) is 14.5 Å². The molecular formula is C21H22F2N4OS. The molecule has 2 aromatic carbocycles. The van der Waals surface area contributed by atoms with Crippen molar-refractivity contribution in [2.75, 3.05) is 38.0 Å². The molecule has 3 aromatic rings. The summed E-state index contributed by atoms with van der Waals surface area (Å²) in [5.74, 6) is -0.663. The summed E-state index contributed by atoms with van der Waals surface area (Å²) in [5.41, 5.74) is 1.43. The number of benzene rings is 2. The van der Waals surface area contributed by atoms with Crippen molar-refractivity contribution in [2.24, 2.45) is 0 Å². The first-order valence-electron chi connectivity index (χ1n) is 9.60. The van der Waals surface area contributed by atoms with Gasteiger partial charge in [0.2, 0.25) is 5.91 Å². The average Bonchev–Trinajstić information content (AvgIpc) is 2.95. The Morgan fingerprint density at radius 3 is 2.55 bits per heavy atom. The summed E-state index contributed by atoms with van der Waals surface area (Å²) in [6.07, 6.45) is 0.962. The number of hydrogen-bond acceptors (Lipinski definition) is 5. The molecule has 1 N–H and O–H groups in total. The van der Waals surface area contributed by atoms with Crippen molar-refractivity contribution in [3.8, 4) is 0 Å². The second-order valence-corrected chi connectivity index (χ2v) is 8.30. The van der Waals surface area contributed by atoms with Crippen molar-refractivity contribution in [1.82, 2.24) is 14.8 Å². The average molecular weight is 416 g/mol. The van der Waals surface area contributed by atoms with Crippen LogP contribution < -0.4 is 5.32 Å². The highest BCUT2D eigenvalue weighted by atomic mass is 32.1. The number of nitrogens with one attached hydrogen (secondary N) is 1. The third-order valence-corrected chi connectivity index (χ3v) is 5.93. The van der Waals surface area contributed by atoms with Crippen molar-refractivity contribution >= 4 is 33.1 Å². The van der Waals surface area contributed by atoms with E-state index in [1.807, 2.05) is 0 Å². The number of hydrogen-bond donors (Lipinski definition) is 1. The summed E-state index contributed by atoms with van der Waals surface area (Å²) in [5, 5.41) is 3.79. The summed E-state index contributed by atoms with van der Waals surface area (Å²) < 4.78 is 27.2. The van der Waals surface area contributed by atoms with Gasteiger partial charge in [-0.1, -0.05) is 0 Å². The molecule has 0 atom stereocenters. The second kappa shape index (κ2) is 8.94. The number of halogens is 2. The van der Waals surface area contributed by atoms with Crippen LogP contribution in [-0.2, 0) is 11.3 Å². The number of amides is 1. The number of carbonyl (C=O) groups is 1. The molecule has 0 spiro atoms. The van der Waals surface area contributed by atoms with Gasteiger partial charge in [-0.3, -0.25) is 14.6 Å². The molecule has 1 aliphatic heterocycles. The number of nitrogens with zero attached hydrogens (tertiary/aromatic N) is 3. The largest absolute Gasteiger partial charge is 0.325 e. The van der Waals surface area contributed by atoms with Crippen molar-refractivity contribution in [1.29, 1.82) is 0 Å². The van der Waals surface area contributed by atoms with E-state index >= 15 is 0 Å². The van der Waals surface area contributed by atoms with E-state index in [2.05, 4.69) is 20.1 Å². The molecular weight excluding hydrogens is 394 g/mol. The predicted molar refractivity (Wildman–Crippen MR) is 111 cm³/mol. The molecule has 5 nitrogen and oxygen atoms in total. The summed E-state index contributed by atoms with van der Waals surface area (Å²) in [6, 6.07) is 10.5. The van der Waals surface area contributed by atoms with Crippen LogP contribution in [0.1, 0.15) is 11.4 Å². The molecule has 1 fully saturated rings. The molecule has 1 aromatic heterocycles. The Kier molecular flexibility index (Phi) is 6.13. The quantitative estimate of drug-likeness (QED) is 0.689. The van der Waals surface area contributed by atoms with Crippen LogP contribution in [0, 0.1) is 11.6 Å². The molecule has 0 aliphatic carbocycles. The van der Waals surface area contributed by atoms with Crippen LogP contribution >= 0.6 is 11.3 Å². The zero-order valence-corrected chi connectivity index (χ0v) is 16.7. The number of aromatic nitrogens is 1. The van der Waals surface area contributed by atoms with Crippen molar-refractivity contribution in [3.05, 3.63) is 59.1 Å². The summed E-state index contributed by atoms with van der Waals surface area (Å²) in [4.78, 5) is 21.3. The lowest BCUT2D eigenvalue weighted by molar-refractivity contribution is -0.117. The van der Waals surface area contributed by atoms with Crippen LogP contribution in [0.2, 0.25) is 0 Å². The lowest BCUT2D eigenvalue weighted by atomic mass is 10.3. The third kappa shape index (κ3) is 5.35. The van der Waals surface area contributed by atoms with E-state index in [0.29, 0.717) is 12.2 Å². The first-order valence-corrected chi connectivity index (χ1v) is 10.4. The van der Waals surface area contributed by atoms with E-state index in [1.54, 1.807) is 18.2 Å². The standard InChI is InChI=1S/C21H22F2N4OS/c22-15-2-5-17(6-3-15)24-20(28)13-26-8-1-9-27(11-10-26)14-21-25-18-7-4-16(23)12-19(18)29-21/h2-7,12H,1,8-11,13-14H2,(H,24,28). The highest BCUT2D eigenvalue weighted by molar-refractivity contribution is 7.18. The molecule has 0 bridgehead atoms. The molecule has 2 heterocycles. The maximum Gasteiger partial charge on any atom is 0.238 e. The van der Waals surface area contributed by atoms with Gasteiger partial charge in [0.25, 0.3) is 0 Å². The highest BCUT2D eigenvalue weighted by Gasteiger charge is 2.18. The second-order valence-electron chi connectivity index (χ2n) is 7.18. The summed E-state index contributed by atoms with van der Waals surface area (Å²) >= 11 is 1.53. The summed E-state index contributed by atoms with van der Waals surface area (Å²) in [7, 11) is 0. The van der Waals surface area contributed by atoms with E-state index in [9.17, 15) is 13.6 Å². The smallest absolute Gasteiger partial charge is 0.238 e. The SMILES string of the molecule is O=C(CN1CCCN(Cc2nc3ccc(F)cc3s2)CC1)Nc1ccc(F)cc1. The Balaban J connectivity index is 1.29. The molecule has 0 radical (unpaired) electrons. The van der Waals surface area contributed by atoms with E-state index in [0.717, 1.165) is 54.4 Å². The topological polar surface area (TPSA) is 48.5 Å². The van der Waals surface area contributed by atoms with Crippen LogP contribution in [0.3, 0.4) is 0 Å². The van der Waals surface area contributed by atoms with Crippen LogP contribution in [0.25, 0.3) is 10.2 Å². The zero-order valence-electron chi connectivity index (χ0n) is 15.9. The molecule has 1 amide bonds. The lowest BCUT2D eigenvalue weighted by Crippen LogP contribution is -2.36. The van der Waals surface area contributed by atoms with E-state index in [4.69, 9.17) is 0 Å². The van der Waals surface area contributed by atoms with Crippen molar-refractivity contribution in [3.63, 3.8) is 0 Å². The normalized spacial score (nSPS) is 16.1. The van der Waals surface area contributed by atoms with Gasteiger partial charge in [0, 0.05) is 18.8 Å². The highest BCUT2D eigenvalue weighted by Crippen LogP contribution is 2.24. The molecule has 29 heavy (non-hydrogen) atoms. The number of carbonyl (C=O) groups excluding carboxylic acids is 1. The maximum absolute atomic E-state index is 13.4. The van der Waals surface area contributed by atoms with Gasteiger partial charge in [0.1, 0.15) is 16.6 Å². The van der Waals surface area contributed by atoms with Gasteiger partial charge < -0.3 is 5.32 Å². The molecule has 0 saturated carbocycles. The molecule has 8 heteroatoms. The minimum Gasteiger partial charge on any atom is -0.325 e. The van der Waals surface area contributed by atoms with E-state index in [1.165, 1.54) is 35.6 Å². The molecule has 152 valence electrons. The van der Waals surface area contributed by atoms with Gasteiger partial charge in [-0.15, -0.1) is 11.3 Å². The Hall–Kier alpha value is -2.42. The van der Waals surface area contributed by atoms with Gasteiger partial charge in [0.15, 0.2) is 0 Å². The van der Waals surface area contributed by atoms with E-state index in [-0.39, 0.29) is 17.5 Å². The number of fused-ring (bicyclic) bond motifs is 1. The van der Waals surface area contributed by atoms with Crippen molar-refractivity contribution < 1.29 is 13.6 Å². The van der Waals surface area contributed by atoms with Gasteiger partial charge in [-0.2, -0.15) is 0 Å². The van der Waals surface area contributed by atoms with Crippen LogP contribution in [0.15, 0.2) is 42.5 Å². The summed E-state index contributed by atoms with van der Waals surface area (Å²) in [6.45, 7) is 4.45. The van der Waals surface area contributed by atoms with Gasteiger partial charge in [0.05, 0.1) is 23.3 Å². The molecule has 4 rings (SSSR count). The molecule has 1 aliphatic rings. The Morgan fingerprint density at radius 1 is 1.00 bits per heavy atom. The molecule has 1 saturated heterocycles. The fourth-order valence-corrected chi connectivity index (χ4v) is 4.52. The number of anilines is 1. The Bertz CT molecular complexity index is 992. The van der Waals surface area contributed by atoms with Gasteiger partial charge in [-0.25, -0.2) is 13.8 Å². The van der Waals surface area contributed by atoms with Crippen LogP contribution in [-0.4, -0.2) is 53.4 Å². The van der Waals surface area contributed by atoms with Gasteiger partial charge in [-0.05, 0) is 62.0 Å². The fourth-order valence-electron chi connectivity index (χ4n) is 3.48. The number of rotatable bonds is 5. The minimum atomic E-state index is -0.325. The lowest BCUT2D eigenvalue weighted by Gasteiger charge is -2.20. The van der Waals surface area contributed by atoms with Crippen LogP contribution in [0.5, 0.6) is 0 Å². The predicted octanol–water partition coefficient (Wildman–Crippen LogP) is 3.72. The first kappa shape index (κ1) is 19.9. The maximum atomic E-state index is 13.4. The molecule has 0 unspecified atom stereocenters. The fraction of sp³-hybridized carbons (Fsp3) is 0.333. The minimum absolute atomic E-state index is 0.0988.